The monoisotopic (exact) mass is 340 g/mol. The summed E-state index contributed by atoms with van der Waals surface area (Å²) in [5, 5.41) is 23.5. The Bertz CT molecular complexity index is 721. The van der Waals surface area contributed by atoms with E-state index in [4.69, 9.17) is 10.5 Å². The van der Waals surface area contributed by atoms with Crippen molar-refractivity contribution in [3.8, 4) is 12.1 Å². The van der Waals surface area contributed by atoms with E-state index in [9.17, 15) is 9.59 Å². The van der Waals surface area contributed by atoms with Crippen molar-refractivity contribution in [2.45, 2.75) is 47.2 Å². The van der Waals surface area contributed by atoms with Crippen LogP contribution in [0.1, 0.15) is 51.8 Å². The van der Waals surface area contributed by atoms with Crippen LogP contribution >= 0.6 is 0 Å². The maximum atomic E-state index is 12.0. The number of rotatable bonds is 6. The van der Waals surface area contributed by atoms with Crippen LogP contribution in [0.25, 0.3) is 0 Å². The lowest BCUT2D eigenvalue weighted by Crippen LogP contribution is -2.37. The molecule has 0 heterocycles. The fourth-order valence-corrected chi connectivity index (χ4v) is 1.89. The number of hydrogen-bond acceptors (Lipinski definition) is 4. The second-order valence-corrected chi connectivity index (χ2v) is 7.09. The van der Waals surface area contributed by atoms with Crippen molar-refractivity contribution in [2.24, 2.45) is 10.8 Å². The third kappa shape index (κ3) is 5.32. The summed E-state index contributed by atoms with van der Waals surface area (Å²) >= 11 is 0. The molecule has 0 aliphatic heterocycles. The highest BCUT2D eigenvalue weighted by Crippen LogP contribution is 2.19. The summed E-state index contributed by atoms with van der Waals surface area (Å²) in [7, 11) is 0. The fourth-order valence-electron chi connectivity index (χ4n) is 1.89. The zero-order chi connectivity index (χ0) is 19.3. The number of nitrogens with one attached hydrogen (secondary N) is 2. The SMILES string of the molecule is C[C@H](NC(=O)C(C)(C)C#N)c1ccc(CNC(=O)C(C)(C)C#N)cc1. The van der Waals surface area contributed by atoms with Gasteiger partial charge in [0.1, 0.15) is 10.8 Å². The second-order valence-electron chi connectivity index (χ2n) is 7.09. The number of carbonyl (C=O) groups excluding carboxylic acids is 2. The molecule has 0 saturated heterocycles. The Labute approximate surface area is 148 Å². The number of nitriles is 2. The number of amides is 2. The molecular formula is C19H24N4O2. The zero-order valence-corrected chi connectivity index (χ0v) is 15.3. The Morgan fingerprint density at radius 3 is 1.96 bits per heavy atom. The zero-order valence-electron chi connectivity index (χ0n) is 15.3. The van der Waals surface area contributed by atoms with Gasteiger partial charge in [-0.15, -0.1) is 0 Å². The van der Waals surface area contributed by atoms with Gasteiger partial charge in [0.25, 0.3) is 0 Å². The van der Waals surface area contributed by atoms with Gasteiger partial charge in [-0.1, -0.05) is 24.3 Å². The first-order valence-electron chi connectivity index (χ1n) is 8.04. The summed E-state index contributed by atoms with van der Waals surface area (Å²) < 4.78 is 0. The van der Waals surface area contributed by atoms with Gasteiger partial charge in [0, 0.05) is 6.54 Å². The lowest BCUT2D eigenvalue weighted by atomic mass is 9.93. The van der Waals surface area contributed by atoms with Crippen LogP contribution in [0.5, 0.6) is 0 Å². The quantitative estimate of drug-likeness (QED) is 0.830. The summed E-state index contributed by atoms with van der Waals surface area (Å²) in [5.74, 6) is -0.643. The number of carbonyl (C=O) groups is 2. The van der Waals surface area contributed by atoms with E-state index in [1.165, 1.54) is 0 Å². The van der Waals surface area contributed by atoms with Gasteiger partial charge in [-0.25, -0.2) is 0 Å². The molecule has 25 heavy (non-hydrogen) atoms. The first kappa shape index (κ1) is 20.2. The Morgan fingerprint density at radius 1 is 1.00 bits per heavy atom. The Balaban J connectivity index is 2.68. The third-order valence-electron chi connectivity index (χ3n) is 3.97. The summed E-state index contributed by atoms with van der Waals surface area (Å²) in [6, 6.07) is 11.1. The van der Waals surface area contributed by atoms with E-state index < -0.39 is 10.8 Å². The van der Waals surface area contributed by atoms with Crippen molar-refractivity contribution in [1.29, 1.82) is 10.5 Å². The van der Waals surface area contributed by atoms with Crippen molar-refractivity contribution >= 4 is 11.8 Å². The fraction of sp³-hybridized carbons (Fsp3) is 0.474. The minimum Gasteiger partial charge on any atom is -0.351 e. The molecule has 1 aromatic carbocycles. The van der Waals surface area contributed by atoms with E-state index >= 15 is 0 Å². The van der Waals surface area contributed by atoms with E-state index in [0.717, 1.165) is 11.1 Å². The van der Waals surface area contributed by atoms with Gasteiger partial charge < -0.3 is 10.6 Å². The van der Waals surface area contributed by atoms with Crippen molar-refractivity contribution in [1.82, 2.24) is 10.6 Å². The normalized spacial score (nSPS) is 12.4. The van der Waals surface area contributed by atoms with E-state index in [2.05, 4.69) is 10.6 Å². The minimum atomic E-state index is -1.08. The van der Waals surface area contributed by atoms with Crippen LogP contribution in [-0.4, -0.2) is 11.8 Å². The summed E-state index contributed by atoms with van der Waals surface area (Å²) in [4.78, 5) is 23.9. The van der Waals surface area contributed by atoms with Crippen LogP contribution in [0.3, 0.4) is 0 Å². The van der Waals surface area contributed by atoms with Crippen LogP contribution in [0.2, 0.25) is 0 Å². The Morgan fingerprint density at radius 2 is 1.48 bits per heavy atom. The molecule has 6 heteroatoms. The van der Waals surface area contributed by atoms with E-state index in [1.807, 2.05) is 43.3 Å². The molecule has 0 aliphatic rings. The molecule has 1 atom stereocenters. The summed E-state index contributed by atoms with van der Waals surface area (Å²) in [6.45, 7) is 8.45. The molecule has 6 nitrogen and oxygen atoms in total. The summed E-state index contributed by atoms with van der Waals surface area (Å²) in [5.41, 5.74) is -0.352. The van der Waals surface area contributed by atoms with Crippen LogP contribution in [0.4, 0.5) is 0 Å². The predicted octanol–water partition coefficient (Wildman–Crippen LogP) is 2.58. The lowest BCUT2D eigenvalue weighted by molar-refractivity contribution is -0.128. The Kier molecular flexibility index (Phi) is 6.30. The first-order valence-corrected chi connectivity index (χ1v) is 8.04. The largest absolute Gasteiger partial charge is 0.351 e. The average Bonchev–Trinajstić information content (AvgIpc) is 2.59. The van der Waals surface area contributed by atoms with Gasteiger partial charge in [-0.3, -0.25) is 9.59 Å². The Hall–Kier alpha value is -2.86. The maximum absolute atomic E-state index is 12.0. The molecule has 0 aliphatic carbocycles. The van der Waals surface area contributed by atoms with Gasteiger partial charge in [0.2, 0.25) is 11.8 Å². The topological polar surface area (TPSA) is 106 Å². The highest BCUT2D eigenvalue weighted by Gasteiger charge is 2.28. The first-order chi connectivity index (χ1) is 11.5. The highest BCUT2D eigenvalue weighted by molar-refractivity contribution is 5.85. The minimum absolute atomic E-state index is 0.235. The van der Waals surface area contributed by atoms with Crippen molar-refractivity contribution in [3.63, 3.8) is 0 Å². The molecular weight excluding hydrogens is 316 g/mol. The van der Waals surface area contributed by atoms with E-state index in [-0.39, 0.29) is 17.9 Å². The molecule has 1 rings (SSSR count). The predicted molar refractivity (Wildman–Crippen MR) is 93.6 cm³/mol. The van der Waals surface area contributed by atoms with Crippen molar-refractivity contribution in [2.75, 3.05) is 0 Å². The summed E-state index contributed by atoms with van der Waals surface area (Å²) in [6.07, 6.45) is 0. The van der Waals surface area contributed by atoms with Crippen molar-refractivity contribution in [3.05, 3.63) is 35.4 Å². The maximum Gasteiger partial charge on any atom is 0.240 e. The molecule has 0 aromatic heterocycles. The highest BCUT2D eigenvalue weighted by atomic mass is 16.2. The van der Waals surface area contributed by atoms with Gasteiger partial charge in [0.15, 0.2) is 0 Å². The lowest BCUT2D eigenvalue weighted by Gasteiger charge is -2.20. The van der Waals surface area contributed by atoms with E-state index in [1.54, 1.807) is 27.7 Å². The van der Waals surface area contributed by atoms with Gasteiger partial charge >= 0.3 is 0 Å². The molecule has 0 fully saturated rings. The smallest absolute Gasteiger partial charge is 0.240 e. The molecule has 0 spiro atoms. The van der Waals surface area contributed by atoms with Gasteiger partial charge in [-0.2, -0.15) is 10.5 Å². The van der Waals surface area contributed by atoms with Crippen molar-refractivity contribution < 1.29 is 9.59 Å². The van der Waals surface area contributed by atoms with Crippen LogP contribution in [-0.2, 0) is 16.1 Å². The average molecular weight is 340 g/mol. The number of nitrogens with zero attached hydrogens (tertiary/aromatic N) is 2. The molecule has 0 radical (unpaired) electrons. The molecule has 2 N–H and O–H groups in total. The third-order valence-corrected chi connectivity index (χ3v) is 3.97. The molecule has 0 saturated carbocycles. The van der Waals surface area contributed by atoms with Crippen LogP contribution in [0, 0.1) is 33.5 Å². The molecule has 0 bridgehead atoms. The van der Waals surface area contributed by atoms with Crippen LogP contribution in [0.15, 0.2) is 24.3 Å². The van der Waals surface area contributed by atoms with Gasteiger partial charge in [-0.05, 0) is 45.7 Å². The number of hydrogen-bond donors (Lipinski definition) is 2. The molecule has 2 amide bonds. The molecule has 0 unspecified atom stereocenters. The number of benzene rings is 1. The standard InChI is InChI=1S/C19H24N4O2/c1-13(23-17(25)19(4,5)12-21)15-8-6-14(7-9-15)10-22-16(24)18(2,3)11-20/h6-9,13H,10H2,1-5H3,(H,22,24)(H,23,25)/t13-/m0/s1. The van der Waals surface area contributed by atoms with Gasteiger partial charge in [0.05, 0.1) is 18.2 Å². The van der Waals surface area contributed by atoms with E-state index in [0.29, 0.717) is 6.54 Å². The van der Waals surface area contributed by atoms with Crippen LogP contribution < -0.4 is 10.6 Å². The second kappa shape index (κ2) is 7.81. The molecule has 1 aromatic rings. The molecule has 132 valence electrons.